The molecular formula is C8H15NO4. The van der Waals surface area contributed by atoms with Gasteiger partial charge in [-0.2, -0.15) is 0 Å². The summed E-state index contributed by atoms with van der Waals surface area (Å²) >= 11 is 0. The monoisotopic (exact) mass is 189 g/mol. The molecule has 76 valence electrons. The largest absolute Gasteiger partial charge is 0.466 e. The van der Waals surface area contributed by atoms with Gasteiger partial charge in [-0.05, 0) is 13.8 Å². The van der Waals surface area contributed by atoms with Crippen molar-refractivity contribution in [3.8, 4) is 0 Å². The van der Waals surface area contributed by atoms with Crippen molar-refractivity contribution in [2.24, 2.45) is 0 Å². The lowest BCUT2D eigenvalue weighted by Gasteiger charge is -2.04. The van der Waals surface area contributed by atoms with Crippen LogP contribution in [0.25, 0.3) is 0 Å². The second-order valence-corrected chi connectivity index (χ2v) is 2.22. The Morgan fingerprint density at radius 1 is 1.23 bits per heavy atom. The molecule has 0 spiro atoms. The normalized spacial score (nSPS) is 9.38. The predicted octanol–water partition coefficient (Wildman–Crippen LogP) is 0.0498. The fraction of sp³-hybridized carbons (Fsp3) is 0.750. The molecule has 0 atom stereocenters. The van der Waals surface area contributed by atoms with E-state index in [1.807, 2.05) is 6.92 Å². The van der Waals surface area contributed by atoms with Crippen LogP contribution in [0.1, 0.15) is 20.3 Å². The number of amides is 1. The molecule has 5 nitrogen and oxygen atoms in total. The molecule has 0 unspecified atom stereocenters. The third-order valence-corrected chi connectivity index (χ3v) is 1.19. The van der Waals surface area contributed by atoms with Crippen LogP contribution in [0.5, 0.6) is 0 Å². The van der Waals surface area contributed by atoms with Crippen molar-refractivity contribution >= 4 is 11.9 Å². The molecule has 0 saturated carbocycles. The van der Waals surface area contributed by atoms with Crippen molar-refractivity contribution < 1.29 is 19.1 Å². The Kier molecular flexibility index (Phi) is 6.91. The van der Waals surface area contributed by atoms with Gasteiger partial charge in [0.2, 0.25) is 5.91 Å². The van der Waals surface area contributed by atoms with E-state index in [-0.39, 0.29) is 25.7 Å². The fourth-order valence-electron chi connectivity index (χ4n) is 0.639. The quantitative estimate of drug-likeness (QED) is 0.277. The number of carbonyl (C=O) groups excluding carboxylic acids is 2. The molecule has 1 amide bonds. The van der Waals surface area contributed by atoms with Gasteiger partial charge in [0, 0.05) is 6.61 Å². The second-order valence-electron chi connectivity index (χ2n) is 2.22. The highest BCUT2D eigenvalue weighted by Crippen LogP contribution is 1.85. The minimum Gasteiger partial charge on any atom is -0.466 e. The van der Waals surface area contributed by atoms with Gasteiger partial charge in [0.05, 0.1) is 6.61 Å². The Morgan fingerprint density at radius 3 is 2.46 bits per heavy atom. The Balaban J connectivity index is 3.44. The van der Waals surface area contributed by atoms with Crippen LogP contribution in [0.3, 0.4) is 0 Å². The van der Waals surface area contributed by atoms with E-state index in [1.165, 1.54) is 0 Å². The van der Waals surface area contributed by atoms with Crippen LogP contribution >= 0.6 is 0 Å². The molecule has 0 aliphatic rings. The van der Waals surface area contributed by atoms with E-state index in [1.54, 1.807) is 6.92 Å². The van der Waals surface area contributed by atoms with Crippen molar-refractivity contribution in [2.45, 2.75) is 20.3 Å². The molecule has 0 bridgehead atoms. The molecule has 0 radical (unpaired) electrons. The van der Waals surface area contributed by atoms with Crippen LogP contribution in [0.4, 0.5) is 0 Å². The molecule has 0 heterocycles. The lowest BCUT2D eigenvalue weighted by molar-refractivity contribution is -0.146. The highest BCUT2D eigenvalue weighted by Gasteiger charge is 2.08. The van der Waals surface area contributed by atoms with Gasteiger partial charge in [-0.3, -0.25) is 9.59 Å². The molecule has 0 aliphatic carbocycles. The smallest absolute Gasteiger partial charge is 0.315 e. The Morgan fingerprint density at radius 2 is 1.92 bits per heavy atom. The van der Waals surface area contributed by atoms with Crippen molar-refractivity contribution in [3.05, 3.63) is 0 Å². The predicted molar refractivity (Wildman–Crippen MR) is 45.9 cm³/mol. The standard InChI is InChI=1S/C8H15NO4/c1-3-12-6-9-7(10)5-8(11)13-4-2/h3-6H2,1-2H3,(H,9,10). The van der Waals surface area contributed by atoms with Crippen LogP contribution in [0.15, 0.2) is 0 Å². The van der Waals surface area contributed by atoms with Crippen LogP contribution in [-0.4, -0.2) is 31.8 Å². The van der Waals surface area contributed by atoms with E-state index in [4.69, 9.17) is 4.74 Å². The van der Waals surface area contributed by atoms with Crippen molar-refractivity contribution in [3.63, 3.8) is 0 Å². The summed E-state index contributed by atoms with van der Waals surface area (Å²) in [5.74, 6) is -0.900. The summed E-state index contributed by atoms with van der Waals surface area (Å²) in [7, 11) is 0. The lowest BCUT2D eigenvalue weighted by atomic mass is 10.4. The maximum absolute atomic E-state index is 10.9. The van der Waals surface area contributed by atoms with E-state index in [0.29, 0.717) is 6.61 Å². The maximum Gasteiger partial charge on any atom is 0.315 e. The SMILES string of the molecule is CCOCNC(=O)CC(=O)OCC. The van der Waals surface area contributed by atoms with Crippen LogP contribution in [0.2, 0.25) is 0 Å². The average Bonchev–Trinajstić information content (AvgIpc) is 2.05. The molecule has 0 aliphatic heterocycles. The summed E-state index contributed by atoms with van der Waals surface area (Å²) in [6.07, 6.45) is -0.249. The van der Waals surface area contributed by atoms with Gasteiger partial charge in [0.15, 0.2) is 0 Å². The third-order valence-electron chi connectivity index (χ3n) is 1.19. The number of hydrogen-bond acceptors (Lipinski definition) is 4. The molecule has 0 aromatic carbocycles. The molecule has 0 rings (SSSR count). The summed E-state index contributed by atoms with van der Waals surface area (Å²) in [4.78, 5) is 21.7. The van der Waals surface area contributed by atoms with Gasteiger partial charge in [-0.15, -0.1) is 0 Å². The van der Waals surface area contributed by atoms with E-state index in [2.05, 4.69) is 10.1 Å². The number of hydrogen-bond donors (Lipinski definition) is 1. The van der Waals surface area contributed by atoms with Gasteiger partial charge in [-0.25, -0.2) is 0 Å². The minimum atomic E-state index is -0.517. The van der Waals surface area contributed by atoms with Gasteiger partial charge >= 0.3 is 5.97 Å². The van der Waals surface area contributed by atoms with Crippen LogP contribution < -0.4 is 5.32 Å². The highest BCUT2D eigenvalue weighted by atomic mass is 16.5. The van der Waals surface area contributed by atoms with E-state index >= 15 is 0 Å². The first-order valence-electron chi connectivity index (χ1n) is 4.20. The van der Waals surface area contributed by atoms with E-state index in [9.17, 15) is 9.59 Å². The number of carbonyl (C=O) groups is 2. The summed E-state index contributed by atoms with van der Waals surface area (Å²) in [6.45, 7) is 4.46. The Hall–Kier alpha value is -1.10. The summed E-state index contributed by atoms with van der Waals surface area (Å²) in [6, 6.07) is 0. The zero-order valence-electron chi connectivity index (χ0n) is 7.96. The minimum absolute atomic E-state index is 0.134. The zero-order valence-corrected chi connectivity index (χ0v) is 7.96. The van der Waals surface area contributed by atoms with Gasteiger partial charge in [0.1, 0.15) is 13.2 Å². The first-order valence-corrected chi connectivity index (χ1v) is 4.20. The summed E-state index contributed by atoms with van der Waals surface area (Å²) in [5.41, 5.74) is 0. The molecule has 0 saturated heterocycles. The molecular weight excluding hydrogens is 174 g/mol. The third kappa shape index (κ3) is 7.27. The molecule has 0 aromatic rings. The molecule has 1 N–H and O–H groups in total. The number of ether oxygens (including phenoxy) is 2. The van der Waals surface area contributed by atoms with Crippen LogP contribution in [-0.2, 0) is 19.1 Å². The number of nitrogens with one attached hydrogen (secondary N) is 1. The topological polar surface area (TPSA) is 64.6 Å². The first-order chi connectivity index (χ1) is 6.20. The van der Waals surface area contributed by atoms with Gasteiger partial charge in [-0.1, -0.05) is 0 Å². The molecule has 0 fully saturated rings. The summed E-state index contributed by atoms with van der Waals surface area (Å²) < 4.78 is 9.44. The van der Waals surface area contributed by atoms with Crippen molar-refractivity contribution in [1.82, 2.24) is 5.32 Å². The molecule has 0 aromatic heterocycles. The van der Waals surface area contributed by atoms with Gasteiger partial charge < -0.3 is 14.8 Å². The lowest BCUT2D eigenvalue weighted by Crippen LogP contribution is -2.28. The highest BCUT2D eigenvalue weighted by molar-refractivity contribution is 5.94. The Labute approximate surface area is 77.4 Å². The summed E-state index contributed by atoms with van der Waals surface area (Å²) in [5, 5.41) is 2.41. The Bertz CT molecular complexity index is 170. The van der Waals surface area contributed by atoms with E-state index in [0.717, 1.165) is 0 Å². The second kappa shape index (κ2) is 7.54. The first kappa shape index (κ1) is 11.9. The van der Waals surface area contributed by atoms with Gasteiger partial charge in [0.25, 0.3) is 0 Å². The maximum atomic E-state index is 10.9. The van der Waals surface area contributed by atoms with Crippen molar-refractivity contribution in [2.75, 3.05) is 19.9 Å². The van der Waals surface area contributed by atoms with E-state index < -0.39 is 5.97 Å². The van der Waals surface area contributed by atoms with Crippen LogP contribution in [0, 0.1) is 0 Å². The average molecular weight is 189 g/mol. The molecule has 5 heteroatoms. The zero-order chi connectivity index (χ0) is 10.1. The number of esters is 1. The van der Waals surface area contributed by atoms with Crippen molar-refractivity contribution in [1.29, 1.82) is 0 Å². The molecule has 13 heavy (non-hydrogen) atoms. The fourth-order valence-corrected chi connectivity index (χ4v) is 0.639. The number of rotatable bonds is 6.